The zero-order valence-electron chi connectivity index (χ0n) is 11.0. The van der Waals surface area contributed by atoms with Crippen molar-refractivity contribution >= 4 is 5.78 Å². The quantitative estimate of drug-likeness (QED) is 0.744. The molecule has 0 aliphatic heterocycles. The van der Waals surface area contributed by atoms with E-state index < -0.39 is 17.4 Å². The van der Waals surface area contributed by atoms with Crippen LogP contribution in [0.1, 0.15) is 30.6 Å². The molecule has 5 heteroatoms. The molecule has 19 heavy (non-hydrogen) atoms. The fourth-order valence-electron chi connectivity index (χ4n) is 1.70. The number of Topliss-reactive ketones (excluding diaryl/α,β-unsaturated/α-hetero) is 1. The molecule has 1 rings (SSSR count). The van der Waals surface area contributed by atoms with E-state index in [1.54, 1.807) is 4.90 Å². The number of carbonyl (C=O) groups is 1. The summed E-state index contributed by atoms with van der Waals surface area (Å²) in [5.74, 6) is -1.97. The van der Waals surface area contributed by atoms with E-state index in [-0.39, 0.29) is 18.2 Å². The number of nitriles is 1. The van der Waals surface area contributed by atoms with Gasteiger partial charge in [0.15, 0.2) is 5.78 Å². The van der Waals surface area contributed by atoms with E-state index in [1.165, 1.54) is 0 Å². The van der Waals surface area contributed by atoms with Crippen molar-refractivity contribution in [3.63, 3.8) is 0 Å². The maximum absolute atomic E-state index is 13.5. The van der Waals surface area contributed by atoms with E-state index in [9.17, 15) is 13.6 Å². The third kappa shape index (κ3) is 4.42. The molecule has 0 N–H and O–H groups in total. The SMILES string of the molecule is CC(C)N(CCC#N)CC(=O)c1ccc(F)cc1F. The van der Waals surface area contributed by atoms with Crippen molar-refractivity contribution in [1.29, 1.82) is 5.26 Å². The van der Waals surface area contributed by atoms with E-state index in [4.69, 9.17) is 5.26 Å². The summed E-state index contributed by atoms with van der Waals surface area (Å²) >= 11 is 0. The van der Waals surface area contributed by atoms with Gasteiger partial charge in [-0.1, -0.05) is 0 Å². The minimum absolute atomic E-state index is 0.0158. The van der Waals surface area contributed by atoms with E-state index in [2.05, 4.69) is 0 Å². The third-order valence-electron chi connectivity index (χ3n) is 2.82. The molecule has 0 spiro atoms. The first-order valence-electron chi connectivity index (χ1n) is 6.05. The van der Waals surface area contributed by atoms with Gasteiger partial charge in [-0.05, 0) is 26.0 Å². The molecule has 0 saturated heterocycles. The average molecular weight is 266 g/mol. The fourth-order valence-corrected chi connectivity index (χ4v) is 1.70. The molecule has 0 unspecified atom stereocenters. The van der Waals surface area contributed by atoms with Gasteiger partial charge in [-0.2, -0.15) is 5.26 Å². The number of hydrogen-bond donors (Lipinski definition) is 0. The topological polar surface area (TPSA) is 44.1 Å². The first-order chi connectivity index (χ1) is 8.95. The predicted octanol–water partition coefficient (Wildman–Crippen LogP) is 2.77. The number of carbonyl (C=O) groups excluding carboxylic acids is 1. The second kappa shape index (κ2) is 6.95. The molecule has 0 amide bonds. The lowest BCUT2D eigenvalue weighted by Gasteiger charge is -2.24. The van der Waals surface area contributed by atoms with Gasteiger partial charge in [0.25, 0.3) is 0 Å². The van der Waals surface area contributed by atoms with E-state index in [0.29, 0.717) is 19.0 Å². The summed E-state index contributed by atoms with van der Waals surface area (Å²) in [6.45, 7) is 4.25. The van der Waals surface area contributed by atoms with Crippen molar-refractivity contribution in [1.82, 2.24) is 4.90 Å². The van der Waals surface area contributed by atoms with Gasteiger partial charge in [0, 0.05) is 25.1 Å². The maximum Gasteiger partial charge on any atom is 0.179 e. The molecule has 0 radical (unpaired) electrons. The molecule has 0 bridgehead atoms. The van der Waals surface area contributed by atoms with Crippen LogP contribution in [0.2, 0.25) is 0 Å². The molecule has 0 fully saturated rings. The zero-order chi connectivity index (χ0) is 14.4. The Labute approximate surface area is 111 Å². The molecule has 0 aliphatic carbocycles. The number of nitrogens with zero attached hydrogens (tertiary/aromatic N) is 2. The summed E-state index contributed by atoms with van der Waals surface area (Å²) in [6.07, 6.45) is 0.303. The molecule has 0 atom stereocenters. The number of rotatable bonds is 6. The lowest BCUT2D eigenvalue weighted by molar-refractivity contribution is 0.0904. The standard InChI is InChI=1S/C14H16F2N2O/c1-10(2)18(7-3-6-17)9-14(19)12-5-4-11(15)8-13(12)16/h4-5,8,10H,3,7,9H2,1-2H3. The van der Waals surface area contributed by atoms with Crippen LogP contribution in [-0.4, -0.2) is 29.8 Å². The first-order valence-corrected chi connectivity index (χ1v) is 6.05. The van der Waals surface area contributed by atoms with Gasteiger partial charge in [-0.25, -0.2) is 8.78 Å². The number of benzene rings is 1. The van der Waals surface area contributed by atoms with Crippen LogP contribution in [0.25, 0.3) is 0 Å². The summed E-state index contributed by atoms with van der Waals surface area (Å²) in [7, 11) is 0. The molecule has 102 valence electrons. The van der Waals surface area contributed by atoms with Crippen LogP contribution in [-0.2, 0) is 0 Å². The second-order valence-corrected chi connectivity index (χ2v) is 4.52. The van der Waals surface area contributed by atoms with Gasteiger partial charge < -0.3 is 0 Å². The minimum Gasteiger partial charge on any atom is -0.293 e. The summed E-state index contributed by atoms with van der Waals surface area (Å²) in [5.41, 5.74) is -0.121. The monoisotopic (exact) mass is 266 g/mol. The number of halogens is 2. The maximum atomic E-state index is 13.5. The third-order valence-corrected chi connectivity index (χ3v) is 2.82. The van der Waals surface area contributed by atoms with Crippen molar-refractivity contribution in [2.45, 2.75) is 26.3 Å². The number of hydrogen-bond acceptors (Lipinski definition) is 3. The summed E-state index contributed by atoms with van der Waals surface area (Å²) < 4.78 is 26.2. The van der Waals surface area contributed by atoms with E-state index in [0.717, 1.165) is 12.1 Å². The largest absolute Gasteiger partial charge is 0.293 e. The molecule has 1 aromatic rings. The van der Waals surface area contributed by atoms with Crippen LogP contribution in [0.4, 0.5) is 8.78 Å². The predicted molar refractivity (Wildman–Crippen MR) is 67.6 cm³/mol. The van der Waals surface area contributed by atoms with Crippen LogP contribution in [0, 0.1) is 23.0 Å². The van der Waals surface area contributed by atoms with Gasteiger partial charge >= 0.3 is 0 Å². The molecular weight excluding hydrogens is 250 g/mol. The summed E-state index contributed by atoms with van der Waals surface area (Å²) in [4.78, 5) is 13.8. The van der Waals surface area contributed by atoms with Gasteiger partial charge in [-0.3, -0.25) is 9.69 Å². The molecule has 0 aromatic heterocycles. The average Bonchev–Trinajstić information content (AvgIpc) is 2.33. The van der Waals surface area contributed by atoms with Crippen LogP contribution in [0.5, 0.6) is 0 Å². The highest BCUT2D eigenvalue weighted by molar-refractivity contribution is 5.97. The highest BCUT2D eigenvalue weighted by Gasteiger charge is 2.18. The van der Waals surface area contributed by atoms with Gasteiger partial charge in [-0.15, -0.1) is 0 Å². The van der Waals surface area contributed by atoms with E-state index >= 15 is 0 Å². The summed E-state index contributed by atoms with van der Waals surface area (Å²) in [5, 5.41) is 8.56. The Kier molecular flexibility index (Phi) is 5.58. The van der Waals surface area contributed by atoms with Crippen molar-refractivity contribution in [3.8, 4) is 6.07 Å². The smallest absolute Gasteiger partial charge is 0.179 e. The highest BCUT2D eigenvalue weighted by Crippen LogP contribution is 2.12. The lowest BCUT2D eigenvalue weighted by atomic mass is 10.1. The lowest BCUT2D eigenvalue weighted by Crippen LogP contribution is -2.36. The Morgan fingerprint density at radius 1 is 1.42 bits per heavy atom. The normalized spacial score (nSPS) is 10.8. The Morgan fingerprint density at radius 2 is 2.11 bits per heavy atom. The van der Waals surface area contributed by atoms with Crippen molar-refractivity contribution in [2.75, 3.05) is 13.1 Å². The number of ketones is 1. The Hall–Kier alpha value is -1.80. The minimum atomic E-state index is -0.853. The second-order valence-electron chi connectivity index (χ2n) is 4.52. The van der Waals surface area contributed by atoms with Gasteiger partial charge in [0.05, 0.1) is 18.2 Å². The van der Waals surface area contributed by atoms with Crippen LogP contribution >= 0.6 is 0 Å². The van der Waals surface area contributed by atoms with Gasteiger partial charge in [0.2, 0.25) is 0 Å². The van der Waals surface area contributed by atoms with E-state index in [1.807, 2.05) is 19.9 Å². The fraction of sp³-hybridized carbons (Fsp3) is 0.429. The molecule has 0 heterocycles. The van der Waals surface area contributed by atoms with Crippen molar-refractivity contribution < 1.29 is 13.6 Å². The Balaban J connectivity index is 2.79. The van der Waals surface area contributed by atoms with Crippen LogP contribution in [0.3, 0.4) is 0 Å². The Bertz CT molecular complexity index is 495. The van der Waals surface area contributed by atoms with Crippen LogP contribution < -0.4 is 0 Å². The molecule has 1 aromatic carbocycles. The Morgan fingerprint density at radius 3 is 2.63 bits per heavy atom. The molecule has 0 saturated carbocycles. The molecule has 3 nitrogen and oxygen atoms in total. The molecular formula is C14H16F2N2O. The summed E-state index contributed by atoms with van der Waals surface area (Å²) in [6, 6.07) is 4.98. The van der Waals surface area contributed by atoms with Crippen molar-refractivity contribution in [3.05, 3.63) is 35.4 Å². The molecule has 0 aliphatic rings. The van der Waals surface area contributed by atoms with Gasteiger partial charge in [0.1, 0.15) is 11.6 Å². The van der Waals surface area contributed by atoms with Crippen molar-refractivity contribution in [2.24, 2.45) is 0 Å². The zero-order valence-corrected chi connectivity index (χ0v) is 11.0. The highest BCUT2D eigenvalue weighted by atomic mass is 19.1. The first kappa shape index (κ1) is 15.3. The van der Waals surface area contributed by atoms with Crippen LogP contribution in [0.15, 0.2) is 18.2 Å².